The molecule has 1 unspecified atom stereocenters. The van der Waals surface area contributed by atoms with E-state index in [0.29, 0.717) is 30.0 Å². The summed E-state index contributed by atoms with van der Waals surface area (Å²) in [5.41, 5.74) is 0.774. The Balaban J connectivity index is 1.54. The van der Waals surface area contributed by atoms with E-state index in [4.69, 9.17) is 9.47 Å². The first-order chi connectivity index (χ1) is 16.3. The fourth-order valence-corrected chi connectivity index (χ4v) is 4.10. The summed E-state index contributed by atoms with van der Waals surface area (Å²) in [7, 11) is 3.09. The summed E-state index contributed by atoms with van der Waals surface area (Å²) in [5, 5.41) is 2.99. The first-order valence-electron chi connectivity index (χ1n) is 10.7. The van der Waals surface area contributed by atoms with Gasteiger partial charge in [0.25, 0.3) is 0 Å². The Morgan fingerprint density at radius 3 is 2.32 bits per heavy atom. The summed E-state index contributed by atoms with van der Waals surface area (Å²) in [6, 6.07) is 10.1. The fraction of sp³-hybridized carbons (Fsp3) is 0.333. The molecule has 1 aliphatic heterocycles. The van der Waals surface area contributed by atoms with E-state index in [-0.39, 0.29) is 24.2 Å². The zero-order valence-corrected chi connectivity index (χ0v) is 18.7. The van der Waals surface area contributed by atoms with Crippen molar-refractivity contribution in [1.82, 2.24) is 9.97 Å². The molecular weight excluding hydrogens is 452 g/mol. The summed E-state index contributed by atoms with van der Waals surface area (Å²) in [5.74, 6) is 0.747. The summed E-state index contributed by atoms with van der Waals surface area (Å²) >= 11 is 0. The first-order valence-corrected chi connectivity index (χ1v) is 10.7. The van der Waals surface area contributed by atoms with Gasteiger partial charge in [-0.25, -0.2) is 9.97 Å². The monoisotopic (exact) mass is 476 g/mol. The third kappa shape index (κ3) is 5.00. The molecule has 1 atom stereocenters. The Bertz CT molecular complexity index is 1120. The maximum atomic E-state index is 15.4. The van der Waals surface area contributed by atoms with Gasteiger partial charge in [0.15, 0.2) is 11.6 Å². The molecular formula is C24H24F4N4O2. The van der Waals surface area contributed by atoms with Crippen LogP contribution >= 0.6 is 0 Å². The quantitative estimate of drug-likeness (QED) is 0.448. The van der Waals surface area contributed by atoms with Gasteiger partial charge in [0, 0.05) is 19.2 Å². The third-order valence-corrected chi connectivity index (χ3v) is 5.79. The van der Waals surface area contributed by atoms with E-state index in [9.17, 15) is 13.2 Å². The maximum absolute atomic E-state index is 15.4. The standard InChI is InChI=1S/C24H24F4N4O2/c1-33-18-10-15(11-19(12-18)34-2)13-29-22-21(25)23(31-14-30-22)32-9-3-4-20(32)16-5-7-17(8-6-16)24(26,27)28/h5-8,10-12,14,20H,3-4,9,13H2,1-2H3,(H,29,30,31). The molecule has 6 nitrogen and oxygen atoms in total. The van der Waals surface area contributed by atoms with Gasteiger partial charge in [-0.05, 0) is 48.2 Å². The van der Waals surface area contributed by atoms with Crippen molar-refractivity contribution in [1.29, 1.82) is 0 Å². The van der Waals surface area contributed by atoms with Gasteiger partial charge in [0.2, 0.25) is 5.82 Å². The molecule has 0 bridgehead atoms. The lowest BCUT2D eigenvalue weighted by molar-refractivity contribution is -0.137. The Labute approximate surface area is 194 Å². The van der Waals surface area contributed by atoms with Crippen molar-refractivity contribution in [3.63, 3.8) is 0 Å². The number of benzene rings is 2. The minimum Gasteiger partial charge on any atom is -0.497 e. The van der Waals surface area contributed by atoms with Crippen molar-refractivity contribution in [2.75, 3.05) is 31.0 Å². The average Bonchev–Trinajstić information content (AvgIpc) is 3.32. The molecule has 180 valence electrons. The molecule has 1 aromatic heterocycles. The van der Waals surface area contributed by atoms with E-state index in [1.807, 2.05) is 0 Å². The van der Waals surface area contributed by atoms with Crippen LogP contribution in [0.3, 0.4) is 0 Å². The Hall–Kier alpha value is -3.56. The molecule has 1 N–H and O–H groups in total. The lowest BCUT2D eigenvalue weighted by atomic mass is 10.0. The number of alkyl halides is 3. The summed E-state index contributed by atoms with van der Waals surface area (Å²) in [4.78, 5) is 9.96. The van der Waals surface area contributed by atoms with Crippen molar-refractivity contribution in [2.24, 2.45) is 0 Å². The smallest absolute Gasteiger partial charge is 0.416 e. The largest absolute Gasteiger partial charge is 0.497 e. The van der Waals surface area contributed by atoms with Gasteiger partial charge in [-0.1, -0.05) is 12.1 Å². The molecule has 1 fully saturated rings. The highest BCUT2D eigenvalue weighted by atomic mass is 19.4. The molecule has 10 heteroatoms. The number of anilines is 2. The van der Waals surface area contributed by atoms with Crippen LogP contribution in [0.25, 0.3) is 0 Å². The van der Waals surface area contributed by atoms with Crippen LogP contribution in [-0.4, -0.2) is 30.7 Å². The van der Waals surface area contributed by atoms with Gasteiger partial charge in [-0.15, -0.1) is 0 Å². The van der Waals surface area contributed by atoms with Crippen LogP contribution < -0.4 is 19.7 Å². The molecule has 1 saturated heterocycles. The highest BCUT2D eigenvalue weighted by molar-refractivity contribution is 5.53. The van der Waals surface area contributed by atoms with E-state index in [2.05, 4.69) is 15.3 Å². The number of methoxy groups -OCH3 is 2. The van der Waals surface area contributed by atoms with Crippen LogP contribution in [0.4, 0.5) is 29.2 Å². The van der Waals surface area contributed by atoms with Crippen LogP contribution in [0.2, 0.25) is 0 Å². The molecule has 2 aromatic carbocycles. The second-order valence-corrected chi connectivity index (χ2v) is 7.91. The van der Waals surface area contributed by atoms with Gasteiger partial charge in [0.05, 0.1) is 25.8 Å². The molecule has 3 aromatic rings. The number of aromatic nitrogens is 2. The van der Waals surface area contributed by atoms with E-state index in [1.54, 1.807) is 37.3 Å². The van der Waals surface area contributed by atoms with Gasteiger partial charge >= 0.3 is 6.18 Å². The van der Waals surface area contributed by atoms with E-state index in [0.717, 1.165) is 24.1 Å². The predicted octanol–water partition coefficient (Wildman–Crippen LogP) is 5.61. The minimum atomic E-state index is -4.40. The second kappa shape index (κ2) is 9.74. The van der Waals surface area contributed by atoms with Gasteiger partial charge in [-0.2, -0.15) is 17.6 Å². The predicted molar refractivity (Wildman–Crippen MR) is 120 cm³/mol. The molecule has 0 radical (unpaired) electrons. The minimum absolute atomic E-state index is 0.0323. The maximum Gasteiger partial charge on any atom is 0.416 e. The van der Waals surface area contributed by atoms with Crippen LogP contribution in [-0.2, 0) is 12.7 Å². The number of rotatable bonds is 7. The molecule has 2 heterocycles. The van der Waals surface area contributed by atoms with Crippen molar-refractivity contribution < 1.29 is 27.0 Å². The molecule has 0 saturated carbocycles. The lowest BCUT2D eigenvalue weighted by Crippen LogP contribution is -2.25. The van der Waals surface area contributed by atoms with Crippen LogP contribution in [0.1, 0.15) is 35.6 Å². The highest BCUT2D eigenvalue weighted by Gasteiger charge is 2.33. The van der Waals surface area contributed by atoms with Gasteiger partial charge < -0.3 is 19.7 Å². The van der Waals surface area contributed by atoms with Crippen molar-refractivity contribution >= 4 is 11.6 Å². The van der Waals surface area contributed by atoms with Crippen molar-refractivity contribution in [3.8, 4) is 11.5 Å². The average molecular weight is 476 g/mol. The zero-order chi connectivity index (χ0) is 24.3. The number of halogens is 4. The van der Waals surface area contributed by atoms with Crippen LogP contribution in [0.5, 0.6) is 11.5 Å². The summed E-state index contributed by atoms with van der Waals surface area (Å²) < 4.78 is 64.7. The Morgan fingerprint density at radius 1 is 1.03 bits per heavy atom. The Morgan fingerprint density at radius 2 is 1.71 bits per heavy atom. The zero-order valence-electron chi connectivity index (χ0n) is 18.7. The van der Waals surface area contributed by atoms with Gasteiger partial charge in [-0.3, -0.25) is 0 Å². The molecule has 0 spiro atoms. The van der Waals surface area contributed by atoms with E-state index in [1.165, 1.54) is 18.5 Å². The number of nitrogens with zero attached hydrogens (tertiary/aromatic N) is 3. The summed E-state index contributed by atoms with van der Waals surface area (Å²) in [6.45, 7) is 0.801. The third-order valence-electron chi connectivity index (χ3n) is 5.79. The van der Waals surface area contributed by atoms with E-state index >= 15 is 4.39 Å². The number of nitrogens with one attached hydrogen (secondary N) is 1. The molecule has 1 aliphatic rings. The number of hydrogen-bond acceptors (Lipinski definition) is 6. The second-order valence-electron chi connectivity index (χ2n) is 7.91. The molecule has 34 heavy (non-hydrogen) atoms. The number of hydrogen-bond donors (Lipinski definition) is 1. The van der Waals surface area contributed by atoms with Crippen LogP contribution in [0, 0.1) is 5.82 Å². The topological polar surface area (TPSA) is 59.5 Å². The van der Waals surface area contributed by atoms with E-state index < -0.39 is 17.6 Å². The Kier molecular flexibility index (Phi) is 6.76. The molecule has 0 amide bonds. The van der Waals surface area contributed by atoms with Crippen LogP contribution in [0.15, 0.2) is 48.8 Å². The SMILES string of the molecule is COc1cc(CNc2ncnc(N3CCCC3c3ccc(C(F)(F)F)cc3)c2F)cc(OC)c1. The molecule has 0 aliphatic carbocycles. The normalized spacial score (nSPS) is 15.9. The van der Waals surface area contributed by atoms with Gasteiger partial charge in [0.1, 0.15) is 17.8 Å². The highest BCUT2D eigenvalue weighted by Crippen LogP contribution is 2.38. The number of ether oxygens (including phenoxy) is 2. The van der Waals surface area contributed by atoms with Crippen molar-refractivity contribution in [3.05, 3.63) is 71.3 Å². The van der Waals surface area contributed by atoms with Crippen molar-refractivity contribution in [2.45, 2.75) is 31.6 Å². The summed E-state index contributed by atoms with van der Waals surface area (Å²) in [6.07, 6.45) is -1.68. The fourth-order valence-electron chi connectivity index (χ4n) is 4.10. The first kappa shape index (κ1) is 23.6. The molecule has 4 rings (SSSR count). The lowest BCUT2D eigenvalue weighted by Gasteiger charge is -2.27.